The zero-order valence-corrected chi connectivity index (χ0v) is 14.1. The van der Waals surface area contributed by atoms with Crippen LogP contribution < -0.4 is 15.6 Å². The maximum absolute atomic E-state index is 13.1. The first-order valence-corrected chi connectivity index (χ1v) is 7.63. The first-order chi connectivity index (χ1) is 11.3. The topological polar surface area (TPSA) is 67.4 Å². The zero-order chi connectivity index (χ0) is 17.7. The van der Waals surface area contributed by atoms with Gasteiger partial charge in [0.25, 0.3) is 11.8 Å². The van der Waals surface area contributed by atoms with Gasteiger partial charge in [0.2, 0.25) is 0 Å². The molecule has 0 fully saturated rings. The molecule has 24 heavy (non-hydrogen) atoms. The minimum Gasteiger partial charge on any atom is -0.481 e. The number of nitrogens with one attached hydrogen (secondary N) is 2. The number of rotatable bonds is 4. The van der Waals surface area contributed by atoms with Crippen LogP contribution in [0.2, 0.25) is 0 Å². The molecule has 0 saturated carbocycles. The molecule has 5 nitrogen and oxygen atoms in total. The van der Waals surface area contributed by atoms with Crippen LogP contribution >= 0.6 is 15.9 Å². The highest BCUT2D eigenvalue weighted by Gasteiger charge is 2.16. The van der Waals surface area contributed by atoms with Gasteiger partial charge in [-0.2, -0.15) is 0 Å². The second-order valence-electron chi connectivity index (χ2n) is 4.82. The van der Waals surface area contributed by atoms with Crippen LogP contribution in [0.25, 0.3) is 0 Å². The Labute approximate surface area is 145 Å². The summed E-state index contributed by atoms with van der Waals surface area (Å²) in [5.41, 5.74) is 3.95. The predicted molar refractivity (Wildman–Crippen MR) is 86.2 cm³/mol. The molecule has 1 atom stereocenters. The Bertz CT molecular complexity index is 750. The van der Waals surface area contributed by atoms with Crippen molar-refractivity contribution in [3.05, 3.63) is 64.1 Å². The van der Waals surface area contributed by atoms with Crippen LogP contribution in [-0.2, 0) is 4.79 Å². The van der Waals surface area contributed by atoms with E-state index in [1.54, 1.807) is 24.3 Å². The van der Waals surface area contributed by atoms with E-state index in [4.69, 9.17) is 4.74 Å². The van der Waals surface area contributed by atoms with Gasteiger partial charge in [0.1, 0.15) is 17.4 Å². The lowest BCUT2D eigenvalue weighted by Gasteiger charge is -2.15. The predicted octanol–water partition coefficient (Wildman–Crippen LogP) is 2.96. The number of hydrazine groups is 1. The number of carbonyl (C=O) groups excluding carboxylic acids is 2. The van der Waals surface area contributed by atoms with E-state index in [0.717, 1.165) is 16.6 Å². The Morgan fingerprint density at radius 2 is 1.75 bits per heavy atom. The lowest BCUT2D eigenvalue weighted by atomic mass is 10.2. The molecule has 1 unspecified atom stereocenters. The van der Waals surface area contributed by atoms with Crippen molar-refractivity contribution >= 4 is 27.7 Å². The van der Waals surface area contributed by atoms with Gasteiger partial charge in [-0.05, 0) is 37.3 Å². The third kappa shape index (κ3) is 5.02. The summed E-state index contributed by atoms with van der Waals surface area (Å²) < 4.78 is 32.3. The van der Waals surface area contributed by atoms with Crippen molar-refractivity contribution < 1.29 is 23.1 Å². The number of benzene rings is 2. The van der Waals surface area contributed by atoms with Crippen LogP contribution in [0, 0.1) is 11.6 Å². The number of halogens is 3. The van der Waals surface area contributed by atoms with Crippen molar-refractivity contribution in [3.8, 4) is 5.75 Å². The van der Waals surface area contributed by atoms with Gasteiger partial charge in [-0.3, -0.25) is 20.4 Å². The molecule has 0 saturated heterocycles. The molecule has 0 aliphatic carbocycles. The molecule has 0 spiro atoms. The van der Waals surface area contributed by atoms with Crippen LogP contribution in [0.5, 0.6) is 5.75 Å². The molecule has 2 N–H and O–H groups in total. The summed E-state index contributed by atoms with van der Waals surface area (Å²) in [6.07, 6.45) is -0.899. The second kappa shape index (κ2) is 7.87. The molecule has 0 heterocycles. The van der Waals surface area contributed by atoms with Gasteiger partial charge in [0.15, 0.2) is 6.10 Å². The summed E-state index contributed by atoms with van der Waals surface area (Å²) in [5, 5.41) is 0. The lowest BCUT2D eigenvalue weighted by molar-refractivity contribution is -0.128. The minimum atomic E-state index is -0.899. The van der Waals surface area contributed by atoms with Gasteiger partial charge in [-0.25, -0.2) is 8.78 Å². The Hall–Kier alpha value is -2.48. The Balaban J connectivity index is 1.91. The molecule has 126 valence electrons. The van der Waals surface area contributed by atoms with Gasteiger partial charge < -0.3 is 4.74 Å². The van der Waals surface area contributed by atoms with Gasteiger partial charge >= 0.3 is 0 Å². The quantitative estimate of drug-likeness (QED) is 0.778. The number of amides is 2. The fraction of sp³-hybridized carbons (Fsp3) is 0.125. The van der Waals surface area contributed by atoms with E-state index in [1.807, 2.05) is 0 Å². The molecule has 2 aromatic carbocycles. The summed E-state index contributed by atoms with van der Waals surface area (Å²) in [4.78, 5) is 23.7. The molecule has 2 rings (SSSR count). The highest BCUT2D eigenvalue weighted by molar-refractivity contribution is 9.10. The molecule has 0 aliphatic rings. The average molecular weight is 399 g/mol. The van der Waals surface area contributed by atoms with Gasteiger partial charge in [0, 0.05) is 16.1 Å². The highest BCUT2D eigenvalue weighted by atomic mass is 79.9. The first kappa shape index (κ1) is 17.9. The highest BCUT2D eigenvalue weighted by Crippen LogP contribution is 2.18. The SMILES string of the molecule is CC(Oc1cccc(Br)c1)C(=O)NNC(=O)c1cc(F)cc(F)c1. The van der Waals surface area contributed by atoms with Crippen LogP contribution in [0.1, 0.15) is 17.3 Å². The van der Waals surface area contributed by atoms with E-state index in [0.29, 0.717) is 11.8 Å². The van der Waals surface area contributed by atoms with E-state index in [1.165, 1.54) is 6.92 Å². The molecular formula is C16H13BrF2N2O3. The lowest BCUT2D eigenvalue weighted by Crippen LogP contribution is -2.47. The maximum atomic E-state index is 13.1. The van der Waals surface area contributed by atoms with E-state index in [9.17, 15) is 18.4 Å². The molecule has 0 aromatic heterocycles. The molecule has 0 bridgehead atoms. The Morgan fingerprint density at radius 3 is 2.38 bits per heavy atom. The van der Waals surface area contributed by atoms with E-state index in [-0.39, 0.29) is 5.56 Å². The number of ether oxygens (including phenoxy) is 1. The van der Waals surface area contributed by atoms with Crippen molar-refractivity contribution in [2.45, 2.75) is 13.0 Å². The van der Waals surface area contributed by atoms with Crippen molar-refractivity contribution in [2.75, 3.05) is 0 Å². The standard InChI is InChI=1S/C16H13BrF2N2O3/c1-9(24-14-4-2-3-11(17)7-14)15(22)20-21-16(23)10-5-12(18)8-13(19)6-10/h2-9H,1H3,(H,20,22)(H,21,23). The number of carbonyl (C=O) groups is 2. The monoisotopic (exact) mass is 398 g/mol. The third-order valence-electron chi connectivity index (χ3n) is 2.90. The Morgan fingerprint density at radius 1 is 1.08 bits per heavy atom. The molecular weight excluding hydrogens is 386 g/mol. The molecule has 0 aliphatic heterocycles. The van der Waals surface area contributed by atoms with Crippen molar-refractivity contribution in [1.82, 2.24) is 10.9 Å². The fourth-order valence-corrected chi connectivity index (χ4v) is 2.15. The summed E-state index contributed by atoms with van der Waals surface area (Å²) in [6.45, 7) is 1.49. The summed E-state index contributed by atoms with van der Waals surface area (Å²) in [7, 11) is 0. The fourth-order valence-electron chi connectivity index (χ4n) is 1.78. The smallest absolute Gasteiger partial charge is 0.279 e. The van der Waals surface area contributed by atoms with Crippen molar-refractivity contribution in [1.29, 1.82) is 0 Å². The largest absolute Gasteiger partial charge is 0.481 e. The molecule has 8 heteroatoms. The van der Waals surface area contributed by atoms with Gasteiger partial charge in [0.05, 0.1) is 0 Å². The van der Waals surface area contributed by atoms with Gasteiger partial charge in [-0.1, -0.05) is 22.0 Å². The number of hydrogen-bond donors (Lipinski definition) is 2. The first-order valence-electron chi connectivity index (χ1n) is 6.83. The Kier molecular flexibility index (Phi) is 5.86. The van der Waals surface area contributed by atoms with Crippen molar-refractivity contribution in [3.63, 3.8) is 0 Å². The summed E-state index contributed by atoms with van der Waals surface area (Å²) in [6, 6.07) is 9.24. The maximum Gasteiger partial charge on any atom is 0.279 e. The van der Waals surface area contributed by atoms with Crippen molar-refractivity contribution in [2.24, 2.45) is 0 Å². The molecule has 2 amide bonds. The second-order valence-corrected chi connectivity index (χ2v) is 5.73. The van der Waals surface area contributed by atoms with Crippen LogP contribution in [0.15, 0.2) is 46.9 Å². The van der Waals surface area contributed by atoms with E-state index >= 15 is 0 Å². The van der Waals surface area contributed by atoms with Gasteiger partial charge in [-0.15, -0.1) is 0 Å². The zero-order valence-electron chi connectivity index (χ0n) is 12.5. The summed E-state index contributed by atoms with van der Waals surface area (Å²) in [5.74, 6) is -2.79. The third-order valence-corrected chi connectivity index (χ3v) is 3.40. The van der Waals surface area contributed by atoms with E-state index < -0.39 is 29.6 Å². The molecule has 2 aromatic rings. The average Bonchev–Trinajstić information content (AvgIpc) is 2.51. The normalized spacial score (nSPS) is 11.5. The van der Waals surface area contributed by atoms with Crippen LogP contribution in [-0.4, -0.2) is 17.9 Å². The molecule has 0 radical (unpaired) electrons. The van der Waals surface area contributed by atoms with E-state index in [2.05, 4.69) is 26.8 Å². The number of hydrogen-bond acceptors (Lipinski definition) is 3. The minimum absolute atomic E-state index is 0.256. The van der Waals surface area contributed by atoms with Crippen LogP contribution in [0.4, 0.5) is 8.78 Å². The van der Waals surface area contributed by atoms with Crippen LogP contribution in [0.3, 0.4) is 0 Å². The summed E-state index contributed by atoms with van der Waals surface area (Å²) >= 11 is 3.28.